The number of fused-ring (bicyclic) bond motifs is 1. The van der Waals surface area contributed by atoms with Crippen LogP contribution in [0.4, 0.5) is 0 Å². The summed E-state index contributed by atoms with van der Waals surface area (Å²) in [5.74, 6) is 0.220. The van der Waals surface area contributed by atoms with Gasteiger partial charge in [-0.3, -0.25) is 4.79 Å². The van der Waals surface area contributed by atoms with Gasteiger partial charge in [-0.2, -0.15) is 0 Å². The van der Waals surface area contributed by atoms with Crippen molar-refractivity contribution in [1.29, 1.82) is 0 Å². The molecule has 0 N–H and O–H groups in total. The first-order valence-corrected chi connectivity index (χ1v) is 10.6. The summed E-state index contributed by atoms with van der Waals surface area (Å²) in [7, 11) is 0. The quantitative estimate of drug-likeness (QED) is 0.446. The van der Waals surface area contributed by atoms with Crippen LogP contribution in [0.5, 0.6) is 0 Å². The van der Waals surface area contributed by atoms with Gasteiger partial charge in [0.05, 0.1) is 0 Å². The van der Waals surface area contributed by atoms with Crippen LogP contribution in [0.3, 0.4) is 0 Å². The molecule has 1 amide bonds. The Balaban J connectivity index is 1.98. The number of amides is 1. The first-order valence-electron chi connectivity index (χ1n) is 10.6. The lowest BCUT2D eigenvalue weighted by Gasteiger charge is -2.23. The summed E-state index contributed by atoms with van der Waals surface area (Å²) in [6, 6.07) is 19.1. The maximum Gasteiger partial charge on any atom is 0.242 e. The molecule has 0 aliphatic rings. The molecule has 148 valence electrons. The highest BCUT2D eigenvalue weighted by atomic mass is 16.2. The van der Waals surface area contributed by atoms with E-state index in [2.05, 4.69) is 78.8 Å². The van der Waals surface area contributed by atoms with Crippen molar-refractivity contribution in [3.05, 3.63) is 60.2 Å². The van der Waals surface area contributed by atoms with E-state index in [1.807, 2.05) is 6.07 Å². The van der Waals surface area contributed by atoms with Gasteiger partial charge in [0.25, 0.3) is 0 Å². The van der Waals surface area contributed by atoms with Gasteiger partial charge in [0, 0.05) is 29.7 Å². The predicted molar refractivity (Wildman–Crippen MR) is 119 cm³/mol. The van der Waals surface area contributed by atoms with Gasteiger partial charge < -0.3 is 9.47 Å². The number of carbonyl (C=O) groups is 1. The van der Waals surface area contributed by atoms with Crippen LogP contribution >= 0.6 is 0 Å². The molecule has 0 fully saturated rings. The van der Waals surface area contributed by atoms with Crippen molar-refractivity contribution in [3.8, 4) is 11.3 Å². The summed E-state index contributed by atoms with van der Waals surface area (Å²) in [6.07, 6.45) is 4.34. The standard InChI is InChI=1S/C25H32N2O/c1-4-6-15-26(16-7-5-2)25(28)19-27-23-17-20(3)13-14-22(23)18-24(27)21-11-9-8-10-12-21/h8-14,17-18H,4-7,15-16,19H2,1-3H3. The number of nitrogens with zero attached hydrogens (tertiary/aromatic N) is 2. The van der Waals surface area contributed by atoms with E-state index in [4.69, 9.17) is 0 Å². The molecule has 3 heteroatoms. The number of aryl methyl sites for hydroxylation is 1. The van der Waals surface area contributed by atoms with Gasteiger partial charge in [-0.05, 0) is 43.0 Å². The highest BCUT2D eigenvalue weighted by Crippen LogP contribution is 2.29. The third kappa shape index (κ3) is 4.64. The summed E-state index contributed by atoms with van der Waals surface area (Å²) < 4.78 is 2.20. The lowest BCUT2D eigenvalue weighted by Crippen LogP contribution is -2.35. The Morgan fingerprint density at radius 3 is 2.25 bits per heavy atom. The van der Waals surface area contributed by atoms with Crippen LogP contribution in [-0.4, -0.2) is 28.5 Å². The maximum atomic E-state index is 13.2. The van der Waals surface area contributed by atoms with Crippen LogP contribution in [-0.2, 0) is 11.3 Å². The average molecular weight is 377 g/mol. The third-order valence-corrected chi connectivity index (χ3v) is 5.34. The molecule has 3 rings (SSSR count). The molecular formula is C25H32N2O. The van der Waals surface area contributed by atoms with E-state index < -0.39 is 0 Å². The smallest absolute Gasteiger partial charge is 0.242 e. The lowest BCUT2D eigenvalue weighted by molar-refractivity contribution is -0.131. The van der Waals surface area contributed by atoms with E-state index >= 15 is 0 Å². The molecule has 0 aliphatic heterocycles. The molecule has 0 aliphatic carbocycles. The van der Waals surface area contributed by atoms with Gasteiger partial charge in [-0.15, -0.1) is 0 Å². The number of benzene rings is 2. The molecule has 0 spiro atoms. The molecule has 2 aromatic carbocycles. The number of hydrogen-bond donors (Lipinski definition) is 0. The average Bonchev–Trinajstić information content (AvgIpc) is 3.06. The van der Waals surface area contributed by atoms with Crippen molar-refractivity contribution >= 4 is 16.8 Å². The van der Waals surface area contributed by atoms with Crippen molar-refractivity contribution < 1.29 is 4.79 Å². The number of rotatable bonds is 9. The fraction of sp³-hybridized carbons (Fsp3) is 0.400. The Hall–Kier alpha value is -2.55. The zero-order valence-corrected chi connectivity index (χ0v) is 17.4. The lowest BCUT2D eigenvalue weighted by atomic mass is 10.1. The normalized spacial score (nSPS) is 11.1. The molecule has 1 heterocycles. The molecule has 0 saturated carbocycles. The Morgan fingerprint density at radius 2 is 1.61 bits per heavy atom. The van der Waals surface area contributed by atoms with E-state index in [0.29, 0.717) is 6.54 Å². The van der Waals surface area contributed by atoms with Gasteiger partial charge in [-0.1, -0.05) is 69.2 Å². The summed E-state index contributed by atoms with van der Waals surface area (Å²) >= 11 is 0. The van der Waals surface area contributed by atoms with E-state index in [9.17, 15) is 4.79 Å². The van der Waals surface area contributed by atoms with Crippen molar-refractivity contribution in [2.45, 2.75) is 53.0 Å². The van der Waals surface area contributed by atoms with E-state index in [1.165, 1.54) is 10.9 Å². The highest BCUT2D eigenvalue weighted by Gasteiger charge is 2.18. The van der Waals surface area contributed by atoms with Gasteiger partial charge in [0.15, 0.2) is 0 Å². The SMILES string of the molecule is CCCCN(CCCC)C(=O)Cn1c(-c2ccccc2)cc2ccc(C)cc21. The molecule has 0 unspecified atom stereocenters. The van der Waals surface area contributed by atoms with E-state index in [1.54, 1.807) is 0 Å². The minimum atomic E-state index is 0.220. The van der Waals surface area contributed by atoms with Gasteiger partial charge in [0.1, 0.15) is 6.54 Å². The second-order valence-electron chi connectivity index (χ2n) is 7.63. The highest BCUT2D eigenvalue weighted by molar-refractivity contribution is 5.89. The number of carbonyl (C=O) groups excluding carboxylic acids is 1. The predicted octanol–water partition coefficient (Wildman–Crippen LogP) is 6.05. The molecule has 28 heavy (non-hydrogen) atoms. The number of unbranched alkanes of at least 4 members (excludes halogenated alkanes) is 2. The topological polar surface area (TPSA) is 25.2 Å². The molecule has 3 aromatic rings. The van der Waals surface area contributed by atoms with Crippen molar-refractivity contribution in [3.63, 3.8) is 0 Å². The molecular weight excluding hydrogens is 344 g/mol. The minimum Gasteiger partial charge on any atom is -0.341 e. The monoisotopic (exact) mass is 376 g/mol. The molecule has 1 aromatic heterocycles. The Morgan fingerprint density at radius 1 is 0.929 bits per heavy atom. The zero-order chi connectivity index (χ0) is 19.9. The summed E-state index contributed by atoms with van der Waals surface area (Å²) in [5.41, 5.74) is 4.61. The first-order chi connectivity index (χ1) is 13.6. The molecule has 3 nitrogen and oxygen atoms in total. The second kappa shape index (κ2) is 9.59. The van der Waals surface area contributed by atoms with E-state index in [-0.39, 0.29) is 5.91 Å². The van der Waals surface area contributed by atoms with Gasteiger partial charge in [0.2, 0.25) is 5.91 Å². The van der Waals surface area contributed by atoms with Crippen LogP contribution in [0.1, 0.15) is 45.1 Å². The number of aromatic nitrogens is 1. The minimum absolute atomic E-state index is 0.220. The van der Waals surface area contributed by atoms with Crippen molar-refractivity contribution in [2.75, 3.05) is 13.1 Å². The number of hydrogen-bond acceptors (Lipinski definition) is 1. The fourth-order valence-electron chi connectivity index (χ4n) is 3.68. The van der Waals surface area contributed by atoms with Crippen LogP contribution < -0.4 is 0 Å². The Bertz CT molecular complexity index is 903. The van der Waals surface area contributed by atoms with Gasteiger partial charge >= 0.3 is 0 Å². The Labute approximate surface area is 169 Å². The van der Waals surface area contributed by atoms with Crippen molar-refractivity contribution in [2.24, 2.45) is 0 Å². The Kier molecular flexibility index (Phi) is 6.91. The summed E-state index contributed by atoms with van der Waals surface area (Å²) in [6.45, 7) is 8.57. The maximum absolute atomic E-state index is 13.2. The van der Waals surface area contributed by atoms with Crippen LogP contribution in [0, 0.1) is 6.92 Å². The molecule has 0 bridgehead atoms. The fourth-order valence-corrected chi connectivity index (χ4v) is 3.68. The van der Waals surface area contributed by atoms with Crippen LogP contribution in [0.15, 0.2) is 54.6 Å². The summed E-state index contributed by atoms with van der Waals surface area (Å²) in [5, 5.41) is 1.19. The van der Waals surface area contributed by atoms with E-state index in [0.717, 1.165) is 55.5 Å². The molecule has 0 saturated heterocycles. The second-order valence-corrected chi connectivity index (χ2v) is 7.63. The largest absolute Gasteiger partial charge is 0.341 e. The van der Waals surface area contributed by atoms with Crippen molar-refractivity contribution in [1.82, 2.24) is 9.47 Å². The molecule has 0 radical (unpaired) electrons. The zero-order valence-electron chi connectivity index (χ0n) is 17.4. The third-order valence-electron chi connectivity index (χ3n) is 5.34. The molecule has 0 atom stereocenters. The van der Waals surface area contributed by atoms with Gasteiger partial charge in [-0.25, -0.2) is 0 Å². The first kappa shape index (κ1) is 20.2. The summed E-state index contributed by atoms with van der Waals surface area (Å²) in [4.78, 5) is 15.3. The van der Waals surface area contributed by atoms with Crippen LogP contribution in [0.2, 0.25) is 0 Å². The van der Waals surface area contributed by atoms with Crippen LogP contribution in [0.25, 0.3) is 22.2 Å².